The summed E-state index contributed by atoms with van der Waals surface area (Å²) >= 11 is 0. The average molecular weight is 1270 g/mol. The molecule has 0 amide bonds. The lowest BCUT2D eigenvalue weighted by Gasteiger charge is -2.21. The van der Waals surface area contributed by atoms with Crippen LogP contribution in [0.2, 0.25) is 0 Å². The Morgan fingerprint density at radius 1 is 0.326 bits per heavy atom. The van der Waals surface area contributed by atoms with E-state index in [1.165, 1.54) is 154 Å². The van der Waals surface area contributed by atoms with Gasteiger partial charge in [0, 0.05) is 25.7 Å². The van der Waals surface area contributed by atoms with Crippen molar-refractivity contribution >= 4 is 39.5 Å². The molecule has 0 spiro atoms. The number of hydrogen-bond acceptors (Lipinski definition) is 15. The molecular formula is C67H130O17P2. The number of aliphatic hydroxyl groups excluding tert-OH is 1. The van der Waals surface area contributed by atoms with E-state index in [1.54, 1.807) is 0 Å². The first kappa shape index (κ1) is 84.1. The fourth-order valence-electron chi connectivity index (χ4n) is 10.1. The zero-order chi connectivity index (χ0) is 63.5. The molecule has 0 aromatic heterocycles. The van der Waals surface area contributed by atoms with Crippen LogP contribution in [0.25, 0.3) is 0 Å². The number of rotatable bonds is 67. The molecule has 3 N–H and O–H groups in total. The Hall–Kier alpha value is -1.94. The molecule has 0 saturated carbocycles. The Labute approximate surface area is 524 Å². The lowest BCUT2D eigenvalue weighted by molar-refractivity contribution is -0.161. The standard InChI is InChI=1S/C67H130O17P2/c1-6-10-13-16-19-21-23-24-25-26-27-28-29-31-33-36-42-47-52-66(71)83-62(57-78-65(70)51-46-41-35-32-30-22-20-17-14-11-7-2)58-81-85(73,74)79-54-61(68)55-80-86(75,76)82-59-63(56-77-64(69)50-45-40-34-18-15-12-8-3)84-67(72)53-48-43-38-37-39-44-49-60(5)9-4/h60-63,68H,6-59H2,1-5H3,(H,73,74)(H,75,76)/t60?,61-,62-,63-/m1/s1. The molecule has 86 heavy (non-hydrogen) atoms. The van der Waals surface area contributed by atoms with Crippen LogP contribution in [0.15, 0.2) is 0 Å². The first-order valence-corrected chi connectivity index (χ1v) is 38.2. The van der Waals surface area contributed by atoms with Crippen LogP contribution in [0.3, 0.4) is 0 Å². The maximum atomic E-state index is 13.0. The Kier molecular flexibility index (Phi) is 59.2. The van der Waals surface area contributed by atoms with Crippen molar-refractivity contribution in [3.63, 3.8) is 0 Å². The van der Waals surface area contributed by atoms with Crippen LogP contribution in [0.1, 0.15) is 343 Å². The lowest BCUT2D eigenvalue weighted by Crippen LogP contribution is -2.30. The third-order valence-electron chi connectivity index (χ3n) is 15.9. The van der Waals surface area contributed by atoms with Gasteiger partial charge in [0.2, 0.25) is 0 Å². The van der Waals surface area contributed by atoms with Gasteiger partial charge in [-0.1, -0.05) is 291 Å². The van der Waals surface area contributed by atoms with Gasteiger partial charge >= 0.3 is 39.5 Å². The van der Waals surface area contributed by atoms with E-state index in [1.807, 2.05) is 0 Å². The molecule has 510 valence electrons. The summed E-state index contributed by atoms with van der Waals surface area (Å²) in [5.74, 6) is -1.41. The topological polar surface area (TPSA) is 237 Å². The van der Waals surface area contributed by atoms with E-state index >= 15 is 0 Å². The van der Waals surface area contributed by atoms with Gasteiger partial charge in [0.05, 0.1) is 26.4 Å². The Bertz CT molecular complexity index is 1670. The monoisotopic (exact) mass is 1270 g/mol. The maximum absolute atomic E-state index is 13.0. The van der Waals surface area contributed by atoms with Gasteiger partial charge in [0.25, 0.3) is 0 Å². The van der Waals surface area contributed by atoms with Gasteiger partial charge in [-0.2, -0.15) is 0 Å². The third-order valence-corrected chi connectivity index (χ3v) is 17.8. The van der Waals surface area contributed by atoms with Crippen molar-refractivity contribution in [1.29, 1.82) is 0 Å². The minimum absolute atomic E-state index is 0.103. The van der Waals surface area contributed by atoms with Gasteiger partial charge in [-0.05, 0) is 31.6 Å². The predicted molar refractivity (Wildman–Crippen MR) is 345 cm³/mol. The van der Waals surface area contributed by atoms with E-state index in [0.717, 1.165) is 109 Å². The SMILES string of the molecule is CCCCCCCCCCCCCCCCCCCCC(=O)O[C@H](COC(=O)CCCCCCCCCCCCC)COP(=O)(O)OC[C@@H](O)COP(=O)(O)OC[C@@H](COC(=O)CCCCCCCCC)OC(=O)CCCCCCCCC(C)CC. The molecule has 0 aromatic carbocycles. The summed E-state index contributed by atoms with van der Waals surface area (Å²) in [4.78, 5) is 72.2. The van der Waals surface area contributed by atoms with Gasteiger partial charge in [0.15, 0.2) is 12.2 Å². The smallest absolute Gasteiger partial charge is 0.462 e. The summed E-state index contributed by atoms with van der Waals surface area (Å²) in [6.07, 6.45) is 46.0. The highest BCUT2D eigenvalue weighted by Crippen LogP contribution is 2.45. The molecule has 0 rings (SSSR count). The highest BCUT2D eigenvalue weighted by atomic mass is 31.2. The number of phosphoric ester groups is 2. The Balaban J connectivity index is 5.18. The summed E-state index contributed by atoms with van der Waals surface area (Å²) in [5, 5.41) is 10.5. The highest BCUT2D eigenvalue weighted by molar-refractivity contribution is 7.47. The van der Waals surface area contributed by atoms with Crippen molar-refractivity contribution in [3.8, 4) is 0 Å². The number of carbonyl (C=O) groups is 4. The summed E-state index contributed by atoms with van der Waals surface area (Å²) in [6, 6.07) is 0. The first-order valence-electron chi connectivity index (χ1n) is 35.2. The molecular weight excluding hydrogens is 1140 g/mol. The van der Waals surface area contributed by atoms with Crippen LogP contribution in [0.5, 0.6) is 0 Å². The van der Waals surface area contributed by atoms with Crippen molar-refractivity contribution in [1.82, 2.24) is 0 Å². The van der Waals surface area contributed by atoms with E-state index in [2.05, 4.69) is 34.6 Å². The molecule has 6 atom stereocenters. The average Bonchev–Trinajstić information content (AvgIpc) is 3.63. The molecule has 3 unspecified atom stereocenters. The maximum Gasteiger partial charge on any atom is 0.472 e. The quantitative estimate of drug-likeness (QED) is 0.0222. The minimum Gasteiger partial charge on any atom is -0.462 e. The molecule has 0 aliphatic heterocycles. The number of phosphoric acid groups is 2. The van der Waals surface area contributed by atoms with E-state index in [-0.39, 0.29) is 25.7 Å². The van der Waals surface area contributed by atoms with Gasteiger partial charge in [-0.25, -0.2) is 9.13 Å². The van der Waals surface area contributed by atoms with Crippen LogP contribution in [0.4, 0.5) is 0 Å². The van der Waals surface area contributed by atoms with Gasteiger partial charge in [-0.15, -0.1) is 0 Å². The number of ether oxygens (including phenoxy) is 4. The highest BCUT2D eigenvalue weighted by Gasteiger charge is 2.30. The number of unbranched alkanes of at least 4 members (excludes halogenated alkanes) is 38. The van der Waals surface area contributed by atoms with Crippen LogP contribution in [-0.2, 0) is 65.4 Å². The van der Waals surface area contributed by atoms with Crippen LogP contribution >= 0.6 is 15.6 Å². The van der Waals surface area contributed by atoms with Crippen LogP contribution in [0, 0.1) is 5.92 Å². The number of hydrogen-bond donors (Lipinski definition) is 3. The van der Waals surface area contributed by atoms with E-state index in [4.69, 9.17) is 37.0 Å². The fraction of sp³-hybridized carbons (Fsp3) is 0.940. The van der Waals surface area contributed by atoms with E-state index in [9.17, 15) is 43.2 Å². The molecule has 0 fully saturated rings. The van der Waals surface area contributed by atoms with E-state index in [0.29, 0.717) is 25.7 Å². The molecule has 0 saturated heterocycles. The summed E-state index contributed by atoms with van der Waals surface area (Å²) < 4.78 is 68.0. The van der Waals surface area contributed by atoms with Crippen LogP contribution in [-0.4, -0.2) is 96.7 Å². The van der Waals surface area contributed by atoms with Crippen molar-refractivity contribution in [3.05, 3.63) is 0 Å². The largest absolute Gasteiger partial charge is 0.472 e. The fourth-order valence-corrected chi connectivity index (χ4v) is 11.7. The predicted octanol–water partition coefficient (Wildman–Crippen LogP) is 19.0. The summed E-state index contributed by atoms with van der Waals surface area (Å²) in [7, 11) is -9.89. The molecule has 19 heteroatoms. The summed E-state index contributed by atoms with van der Waals surface area (Å²) in [6.45, 7) is 7.13. The number of carbonyl (C=O) groups excluding carboxylic acids is 4. The van der Waals surface area contributed by atoms with Gasteiger partial charge in [-0.3, -0.25) is 37.3 Å². The number of aliphatic hydroxyl groups is 1. The second kappa shape index (κ2) is 60.6. The molecule has 0 aromatic rings. The summed E-state index contributed by atoms with van der Waals surface area (Å²) in [5.41, 5.74) is 0. The normalized spacial score (nSPS) is 14.5. The molecule has 0 aliphatic rings. The van der Waals surface area contributed by atoms with E-state index < -0.39 is 97.5 Å². The molecule has 17 nitrogen and oxygen atoms in total. The zero-order valence-electron chi connectivity index (χ0n) is 55.4. The minimum atomic E-state index is -4.95. The zero-order valence-corrected chi connectivity index (χ0v) is 57.2. The lowest BCUT2D eigenvalue weighted by atomic mass is 10.00. The van der Waals surface area contributed by atoms with Gasteiger partial charge in [0.1, 0.15) is 19.3 Å². The van der Waals surface area contributed by atoms with Crippen molar-refractivity contribution in [2.24, 2.45) is 5.92 Å². The molecule has 0 bridgehead atoms. The Morgan fingerprint density at radius 3 is 0.826 bits per heavy atom. The van der Waals surface area contributed by atoms with Crippen molar-refractivity contribution < 1.29 is 80.2 Å². The second-order valence-corrected chi connectivity index (χ2v) is 27.4. The van der Waals surface area contributed by atoms with Gasteiger partial charge < -0.3 is 33.8 Å². The number of esters is 4. The van der Waals surface area contributed by atoms with Crippen molar-refractivity contribution in [2.75, 3.05) is 39.6 Å². The molecule has 0 heterocycles. The molecule has 0 radical (unpaired) electrons. The van der Waals surface area contributed by atoms with Crippen LogP contribution < -0.4 is 0 Å². The third kappa shape index (κ3) is 59.7. The Morgan fingerprint density at radius 2 is 0.558 bits per heavy atom. The molecule has 0 aliphatic carbocycles. The van der Waals surface area contributed by atoms with Crippen molar-refractivity contribution in [2.45, 2.75) is 361 Å². The first-order chi connectivity index (χ1) is 41.6. The second-order valence-electron chi connectivity index (χ2n) is 24.5.